The predicted octanol–water partition coefficient (Wildman–Crippen LogP) is 5.97. The van der Waals surface area contributed by atoms with Gasteiger partial charge in [0.25, 0.3) is 0 Å². The zero-order chi connectivity index (χ0) is 21.0. The maximum absolute atomic E-state index is 13.0. The summed E-state index contributed by atoms with van der Waals surface area (Å²) in [7, 11) is 0. The lowest BCUT2D eigenvalue weighted by molar-refractivity contribution is -0.121. The topological polar surface area (TPSA) is 66.8 Å². The standard InChI is InChI=1S/C23H23NO4S/c1-15(2)21(25)24(14-17-9-7-8-16(3)12-17)19-13-20(18-10-5-4-6-11-18)29-22(19)28-23(26)27/h4-13,15H,14H2,1-3H3,(H,26,27). The van der Waals surface area contributed by atoms with Crippen LogP contribution in [0, 0.1) is 12.8 Å². The van der Waals surface area contributed by atoms with Crippen molar-refractivity contribution in [1.82, 2.24) is 0 Å². The minimum absolute atomic E-state index is 0.0980. The summed E-state index contributed by atoms with van der Waals surface area (Å²) in [6, 6.07) is 19.4. The molecule has 29 heavy (non-hydrogen) atoms. The van der Waals surface area contributed by atoms with Gasteiger partial charge in [-0.1, -0.05) is 85.3 Å². The fraction of sp³-hybridized carbons (Fsp3) is 0.217. The second-order valence-electron chi connectivity index (χ2n) is 7.09. The molecule has 0 bridgehead atoms. The maximum Gasteiger partial charge on any atom is 0.512 e. The van der Waals surface area contributed by atoms with E-state index in [0.717, 1.165) is 21.6 Å². The van der Waals surface area contributed by atoms with Crippen LogP contribution in [0.15, 0.2) is 60.7 Å². The van der Waals surface area contributed by atoms with E-state index in [1.807, 2.05) is 81.4 Å². The number of hydrogen-bond donors (Lipinski definition) is 1. The normalized spacial score (nSPS) is 10.8. The highest BCUT2D eigenvalue weighted by Crippen LogP contribution is 2.43. The summed E-state index contributed by atoms with van der Waals surface area (Å²) in [6.45, 7) is 5.98. The van der Waals surface area contributed by atoms with E-state index in [9.17, 15) is 14.7 Å². The van der Waals surface area contributed by atoms with E-state index in [0.29, 0.717) is 12.2 Å². The summed E-state index contributed by atoms with van der Waals surface area (Å²) in [5, 5.41) is 9.40. The van der Waals surface area contributed by atoms with Gasteiger partial charge in [-0.15, -0.1) is 0 Å². The molecule has 3 rings (SSSR count). The molecule has 1 N–H and O–H groups in total. The third-order valence-corrected chi connectivity index (χ3v) is 5.44. The van der Waals surface area contributed by atoms with Crippen LogP contribution < -0.4 is 9.64 Å². The average Bonchev–Trinajstić information content (AvgIpc) is 3.09. The minimum atomic E-state index is -1.40. The number of carbonyl (C=O) groups is 2. The molecule has 1 amide bonds. The minimum Gasteiger partial charge on any atom is -0.449 e. The van der Waals surface area contributed by atoms with Crippen LogP contribution in [0.25, 0.3) is 10.4 Å². The van der Waals surface area contributed by atoms with Crippen LogP contribution in [0.5, 0.6) is 5.06 Å². The van der Waals surface area contributed by atoms with Gasteiger partial charge >= 0.3 is 6.16 Å². The number of carboxylic acid groups (broad SMARTS) is 1. The predicted molar refractivity (Wildman–Crippen MR) is 116 cm³/mol. The lowest BCUT2D eigenvalue weighted by atomic mass is 10.1. The van der Waals surface area contributed by atoms with Gasteiger partial charge in [-0.25, -0.2) is 4.79 Å². The van der Waals surface area contributed by atoms with Crippen molar-refractivity contribution in [3.05, 3.63) is 71.8 Å². The molecule has 150 valence electrons. The number of thiophene rings is 1. The molecule has 0 aliphatic carbocycles. The Hall–Kier alpha value is -3.12. The Bertz CT molecular complexity index is 1010. The summed E-state index contributed by atoms with van der Waals surface area (Å²) in [6.07, 6.45) is -1.40. The molecule has 0 radical (unpaired) electrons. The van der Waals surface area contributed by atoms with Crippen LogP contribution in [-0.4, -0.2) is 17.2 Å². The number of benzene rings is 2. The van der Waals surface area contributed by atoms with Gasteiger partial charge < -0.3 is 14.7 Å². The first-order valence-electron chi connectivity index (χ1n) is 9.32. The number of carbonyl (C=O) groups excluding carboxylic acids is 1. The monoisotopic (exact) mass is 409 g/mol. The third kappa shape index (κ3) is 5.03. The number of hydrogen-bond acceptors (Lipinski definition) is 4. The molecule has 1 aromatic heterocycles. The summed E-state index contributed by atoms with van der Waals surface area (Å²) in [4.78, 5) is 26.8. The Morgan fingerprint density at radius 2 is 1.79 bits per heavy atom. The molecule has 5 nitrogen and oxygen atoms in total. The molecule has 0 aliphatic rings. The SMILES string of the molecule is Cc1cccc(CN(C(=O)C(C)C)c2cc(-c3ccccc3)sc2OC(=O)O)c1. The number of aryl methyl sites for hydroxylation is 1. The molecule has 1 heterocycles. The number of nitrogens with zero attached hydrogens (tertiary/aromatic N) is 1. The Morgan fingerprint density at radius 1 is 1.07 bits per heavy atom. The number of anilines is 1. The van der Waals surface area contributed by atoms with E-state index in [2.05, 4.69) is 0 Å². The smallest absolute Gasteiger partial charge is 0.449 e. The summed E-state index contributed by atoms with van der Waals surface area (Å²) in [5.41, 5.74) is 3.47. The van der Waals surface area contributed by atoms with Gasteiger partial charge in [0, 0.05) is 10.8 Å². The van der Waals surface area contributed by atoms with E-state index in [1.165, 1.54) is 11.3 Å². The summed E-state index contributed by atoms with van der Waals surface area (Å²) >= 11 is 1.22. The Kier molecular flexibility index (Phi) is 6.34. The van der Waals surface area contributed by atoms with Crippen molar-refractivity contribution in [1.29, 1.82) is 0 Å². The van der Waals surface area contributed by atoms with Crippen LogP contribution in [0.3, 0.4) is 0 Å². The van der Waals surface area contributed by atoms with Gasteiger partial charge in [-0.3, -0.25) is 4.79 Å². The fourth-order valence-electron chi connectivity index (χ4n) is 3.04. The molecule has 3 aromatic rings. The van der Waals surface area contributed by atoms with E-state index in [1.54, 1.807) is 4.90 Å². The Labute approximate surface area is 174 Å². The van der Waals surface area contributed by atoms with Gasteiger partial charge in [0.05, 0.1) is 12.2 Å². The Morgan fingerprint density at radius 3 is 2.41 bits per heavy atom. The van der Waals surface area contributed by atoms with Gasteiger partial charge in [0.2, 0.25) is 11.0 Å². The highest BCUT2D eigenvalue weighted by molar-refractivity contribution is 7.18. The van der Waals surface area contributed by atoms with E-state index in [-0.39, 0.29) is 16.9 Å². The average molecular weight is 410 g/mol. The first kappa shape index (κ1) is 20.6. The van der Waals surface area contributed by atoms with Crippen molar-refractivity contribution in [2.75, 3.05) is 4.90 Å². The van der Waals surface area contributed by atoms with Crippen LogP contribution in [0.1, 0.15) is 25.0 Å². The molecule has 0 aliphatic heterocycles. The molecule has 0 saturated heterocycles. The largest absolute Gasteiger partial charge is 0.512 e. The number of rotatable bonds is 6. The highest BCUT2D eigenvalue weighted by atomic mass is 32.1. The zero-order valence-corrected chi connectivity index (χ0v) is 17.4. The fourth-order valence-corrected chi connectivity index (χ4v) is 4.05. The van der Waals surface area contributed by atoms with Gasteiger partial charge in [-0.05, 0) is 24.1 Å². The number of ether oxygens (including phenoxy) is 1. The molecule has 0 fully saturated rings. The summed E-state index contributed by atoms with van der Waals surface area (Å²) < 4.78 is 5.06. The molecular formula is C23H23NO4S. The number of amides is 1. The van der Waals surface area contributed by atoms with Gasteiger partial charge in [-0.2, -0.15) is 0 Å². The van der Waals surface area contributed by atoms with Crippen molar-refractivity contribution in [2.45, 2.75) is 27.3 Å². The second kappa shape index (κ2) is 8.92. The zero-order valence-electron chi connectivity index (χ0n) is 16.6. The molecular weight excluding hydrogens is 386 g/mol. The van der Waals surface area contributed by atoms with Gasteiger partial charge in [0.15, 0.2) is 0 Å². The lowest BCUT2D eigenvalue weighted by Crippen LogP contribution is -2.34. The molecule has 2 aromatic carbocycles. The third-order valence-electron chi connectivity index (χ3n) is 4.39. The maximum atomic E-state index is 13.0. The van der Waals surface area contributed by atoms with E-state index in [4.69, 9.17) is 4.74 Å². The van der Waals surface area contributed by atoms with Crippen LogP contribution in [-0.2, 0) is 11.3 Å². The first-order valence-corrected chi connectivity index (χ1v) is 10.1. The second-order valence-corrected chi connectivity index (χ2v) is 8.10. The Balaban J connectivity index is 2.08. The molecule has 0 atom stereocenters. The van der Waals surface area contributed by atoms with Crippen molar-refractivity contribution in [3.8, 4) is 15.5 Å². The quantitative estimate of drug-likeness (QED) is 0.509. The molecule has 6 heteroatoms. The van der Waals surface area contributed by atoms with Crippen LogP contribution in [0.2, 0.25) is 0 Å². The van der Waals surface area contributed by atoms with Crippen molar-refractivity contribution < 1.29 is 19.4 Å². The first-order chi connectivity index (χ1) is 13.8. The van der Waals surface area contributed by atoms with Crippen LogP contribution >= 0.6 is 11.3 Å². The van der Waals surface area contributed by atoms with E-state index >= 15 is 0 Å². The molecule has 0 spiro atoms. The van der Waals surface area contributed by atoms with Gasteiger partial charge in [0.1, 0.15) is 0 Å². The van der Waals surface area contributed by atoms with E-state index < -0.39 is 6.16 Å². The van der Waals surface area contributed by atoms with Crippen LogP contribution in [0.4, 0.5) is 10.5 Å². The van der Waals surface area contributed by atoms with Crippen molar-refractivity contribution in [2.24, 2.45) is 5.92 Å². The lowest BCUT2D eigenvalue weighted by Gasteiger charge is -2.24. The van der Waals surface area contributed by atoms with Crippen molar-refractivity contribution in [3.63, 3.8) is 0 Å². The molecule has 0 unspecified atom stereocenters. The summed E-state index contributed by atoms with van der Waals surface area (Å²) in [5.74, 6) is -0.350. The highest BCUT2D eigenvalue weighted by Gasteiger charge is 2.26. The molecule has 0 saturated carbocycles. The van der Waals surface area contributed by atoms with Crippen molar-refractivity contribution >= 4 is 29.1 Å².